The largest absolute Gasteiger partial charge is 0.395 e. The average molecular weight is 170 g/mol. The van der Waals surface area contributed by atoms with Crippen LogP contribution in [-0.2, 0) is 11.3 Å². The molecule has 2 N–H and O–H groups in total. The molecule has 0 unspecified atom stereocenters. The number of carbonyl (C=O) groups is 1. The van der Waals surface area contributed by atoms with Gasteiger partial charge in [-0.25, -0.2) is 4.68 Å². The number of hydrogen-bond acceptors (Lipinski definition) is 4. The van der Waals surface area contributed by atoms with Crippen molar-refractivity contribution in [2.24, 2.45) is 0 Å². The summed E-state index contributed by atoms with van der Waals surface area (Å²) in [6.45, 7) is 0.358. The second-order valence-electron chi connectivity index (χ2n) is 2.17. The van der Waals surface area contributed by atoms with Gasteiger partial charge in [0.25, 0.3) is 0 Å². The van der Waals surface area contributed by atoms with Gasteiger partial charge in [0.15, 0.2) is 0 Å². The second-order valence-corrected chi connectivity index (χ2v) is 2.17. The number of rotatable bonds is 4. The van der Waals surface area contributed by atoms with Gasteiger partial charge in [-0.05, 0) is 0 Å². The Morgan fingerprint density at radius 1 is 1.67 bits per heavy atom. The highest BCUT2D eigenvalue weighted by atomic mass is 16.3. The van der Waals surface area contributed by atoms with Crippen molar-refractivity contribution in [2.75, 3.05) is 13.2 Å². The molecule has 0 spiro atoms. The summed E-state index contributed by atoms with van der Waals surface area (Å²) in [6, 6.07) is 0. The van der Waals surface area contributed by atoms with Crippen molar-refractivity contribution < 1.29 is 9.90 Å². The number of aliphatic hydroxyl groups excluding tert-OH is 1. The van der Waals surface area contributed by atoms with Crippen LogP contribution in [0.25, 0.3) is 0 Å². The number of carbonyl (C=O) groups excluding carboxylic acids is 1. The van der Waals surface area contributed by atoms with Gasteiger partial charge >= 0.3 is 0 Å². The number of nitrogens with zero attached hydrogens (tertiary/aromatic N) is 3. The van der Waals surface area contributed by atoms with E-state index in [0.717, 1.165) is 0 Å². The maximum absolute atomic E-state index is 11.0. The normalized spacial score (nSPS) is 9.75. The van der Waals surface area contributed by atoms with Gasteiger partial charge in [0.2, 0.25) is 5.91 Å². The molecular weight excluding hydrogens is 160 g/mol. The summed E-state index contributed by atoms with van der Waals surface area (Å²) < 4.78 is 1.41. The van der Waals surface area contributed by atoms with Gasteiger partial charge < -0.3 is 10.4 Å². The van der Waals surface area contributed by atoms with Crippen LogP contribution < -0.4 is 5.32 Å². The molecule has 0 aliphatic carbocycles. The van der Waals surface area contributed by atoms with E-state index in [-0.39, 0.29) is 25.6 Å². The van der Waals surface area contributed by atoms with Crippen molar-refractivity contribution in [1.29, 1.82) is 0 Å². The molecule has 1 aromatic rings. The van der Waals surface area contributed by atoms with Crippen LogP contribution in [0.1, 0.15) is 0 Å². The summed E-state index contributed by atoms with van der Waals surface area (Å²) >= 11 is 0. The Kier molecular flexibility index (Phi) is 3.21. The quantitative estimate of drug-likeness (QED) is 0.569. The van der Waals surface area contributed by atoms with Gasteiger partial charge in [-0.15, -0.1) is 5.10 Å². The zero-order valence-corrected chi connectivity index (χ0v) is 6.47. The molecule has 0 radical (unpaired) electrons. The molecule has 0 aromatic carbocycles. The summed E-state index contributed by atoms with van der Waals surface area (Å²) in [4.78, 5) is 11.0. The van der Waals surface area contributed by atoms with Crippen molar-refractivity contribution in [3.63, 3.8) is 0 Å². The van der Waals surface area contributed by atoms with Gasteiger partial charge in [0.05, 0.1) is 12.8 Å². The SMILES string of the molecule is O=C(Cn1ccnn1)NCCO. The molecule has 1 aromatic heterocycles. The van der Waals surface area contributed by atoms with E-state index >= 15 is 0 Å². The molecule has 0 saturated carbocycles. The molecule has 12 heavy (non-hydrogen) atoms. The first-order valence-corrected chi connectivity index (χ1v) is 3.54. The third-order valence-corrected chi connectivity index (χ3v) is 1.21. The highest BCUT2D eigenvalue weighted by Crippen LogP contribution is 1.79. The Morgan fingerprint density at radius 2 is 2.50 bits per heavy atom. The van der Waals surface area contributed by atoms with Crippen molar-refractivity contribution >= 4 is 5.91 Å². The van der Waals surface area contributed by atoms with Crippen LogP contribution in [0.5, 0.6) is 0 Å². The highest BCUT2D eigenvalue weighted by Gasteiger charge is 2.00. The minimum atomic E-state index is -0.186. The molecular formula is C6H10N4O2. The lowest BCUT2D eigenvalue weighted by Gasteiger charge is -2.01. The van der Waals surface area contributed by atoms with E-state index in [9.17, 15) is 4.79 Å². The predicted octanol–water partition coefficient (Wildman–Crippen LogP) is -1.61. The van der Waals surface area contributed by atoms with Gasteiger partial charge in [-0.1, -0.05) is 5.21 Å². The Bertz CT molecular complexity index is 234. The average Bonchev–Trinajstić information content (AvgIpc) is 2.53. The molecule has 0 bridgehead atoms. The predicted molar refractivity (Wildman–Crippen MR) is 40.1 cm³/mol. The van der Waals surface area contributed by atoms with E-state index in [1.165, 1.54) is 10.9 Å². The molecule has 66 valence electrons. The van der Waals surface area contributed by atoms with Crippen LogP contribution in [0.3, 0.4) is 0 Å². The van der Waals surface area contributed by atoms with Crippen LogP contribution in [-0.4, -0.2) is 39.2 Å². The summed E-state index contributed by atoms with van der Waals surface area (Å²) in [5.41, 5.74) is 0. The van der Waals surface area contributed by atoms with E-state index in [0.29, 0.717) is 0 Å². The van der Waals surface area contributed by atoms with Crippen molar-refractivity contribution in [1.82, 2.24) is 20.3 Å². The summed E-state index contributed by atoms with van der Waals surface area (Å²) in [5.74, 6) is -0.186. The van der Waals surface area contributed by atoms with Gasteiger partial charge in [0, 0.05) is 12.7 Å². The first-order chi connectivity index (χ1) is 5.83. The lowest BCUT2D eigenvalue weighted by atomic mass is 10.5. The fourth-order valence-corrected chi connectivity index (χ4v) is 0.715. The Balaban J connectivity index is 2.27. The smallest absolute Gasteiger partial charge is 0.241 e. The van der Waals surface area contributed by atoms with Crippen LogP contribution in [0.4, 0.5) is 0 Å². The molecule has 1 amide bonds. The molecule has 6 nitrogen and oxygen atoms in total. The van der Waals surface area contributed by atoms with E-state index in [2.05, 4.69) is 15.6 Å². The molecule has 0 saturated heterocycles. The van der Waals surface area contributed by atoms with E-state index < -0.39 is 0 Å². The van der Waals surface area contributed by atoms with Gasteiger partial charge in [-0.2, -0.15) is 0 Å². The van der Waals surface area contributed by atoms with Crippen LogP contribution in [0.15, 0.2) is 12.4 Å². The first kappa shape index (κ1) is 8.66. The standard InChI is InChI=1S/C6H10N4O2/c11-4-2-7-6(12)5-10-3-1-8-9-10/h1,3,11H,2,4-5H2,(H,7,12). The van der Waals surface area contributed by atoms with E-state index in [1.807, 2.05) is 0 Å². The zero-order chi connectivity index (χ0) is 8.81. The molecule has 1 heterocycles. The third-order valence-electron chi connectivity index (χ3n) is 1.21. The Hall–Kier alpha value is -1.43. The molecule has 1 rings (SSSR count). The third kappa shape index (κ3) is 2.67. The lowest BCUT2D eigenvalue weighted by Crippen LogP contribution is -2.30. The second kappa shape index (κ2) is 4.45. The number of hydrogen-bond donors (Lipinski definition) is 2. The molecule has 0 aliphatic heterocycles. The fraction of sp³-hybridized carbons (Fsp3) is 0.500. The minimum Gasteiger partial charge on any atom is -0.395 e. The summed E-state index contributed by atoms with van der Waals surface area (Å²) in [5, 5.41) is 18.0. The topological polar surface area (TPSA) is 80.0 Å². The van der Waals surface area contributed by atoms with Crippen molar-refractivity contribution in [3.8, 4) is 0 Å². The minimum absolute atomic E-state index is 0.0525. The maximum atomic E-state index is 11.0. The molecule has 0 fully saturated rings. The van der Waals surface area contributed by atoms with Crippen LogP contribution >= 0.6 is 0 Å². The molecule has 0 aliphatic rings. The van der Waals surface area contributed by atoms with E-state index in [4.69, 9.17) is 5.11 Å². The molecule has 0 atom stereocenters. The Labute approximate surface area is 69.2 Å². The van der Waals surface area contributed by atoms with Gasteiger partial charge in [0.1, 0.15) is 6.54 Å². The number of aliphatic hydroxyl groups is 1. The first-order valence-electron chi connectivity index (χ1n) is 3.54. The number of aromatic nitrogens is 3. The van der Waals surface area contributed by atoms with Crippen LogP contribution in [0, 0.1) is 0 Å². The lowest BCUT2D eigenvalue weighted by molar-refractivity contribution is -0.122. The van der Waals surface area contributed by atoms with Crippen molar-refractivity contribution in [3.05, 3.63) is 12.4 Å². The summed E-state index contributed by atoms with van der Waals surface area (Å²) in [7, 11) is 0. The summed E-state index contributed by atoms with van der Waals surface area (Å²) in [6.07, 6.45) is 3.10. The monoisotopic (exact) mass is 170 g/mol. The Morgan fingerprint density at radius 3 is 3.08 bits per heavy atom. The molecule has 6 heteroatoms. The maximum Gasteiger partial charge on any atom is 0.241 e. The highest BCUT2D eigenvalue weighted by molar-refractivity contribution is 5.75. The van der Waals surface area contributed by atoms with Gasteiger partial charge in [-0.3, -0.25) is 4.79 Å². The zero-order valence-electron chi connectivity index (χ0n) is 6.47. The van der Waals surface area contributed by atoms with Crippen LogP contribution in [0.2, 0.25) is 0 Å². The number of nitrogens with one attached hydrogen (secondary N) is 1. The van der Waals surface area contributed by atoms with E-state index in [1.54, 1.807) is 6.20 Å². The fourth-order valence-electron chi connectivity index (χ4n) is 0.715. The van der Waals surface area contributed by atoms with Crippen molar-refractivity contribution in [2.45, 2.75) is 6.54 Å². The number of amides is 1.